The summed E-state index contributed by atoms with van der Waals surface area (Å²) in [5.74, 6) is -1.60. The number of anilines is 2. The van der Waals surface area contributed by atoms with Crippen LogP contribution in [0, 0.1) is 5.82 Å². The highest BCUT2D eigenvalue weighted by Crippen LogP contribution is 2.30. The van der Waals surface area contributed by atoms with Gasteiger partial charge < -0.3 is 10.6 Å². The third kappa shape index (κ3) is 3.70. The van der Waals surface area contributed by atoms with Crippen molar-refractivity contribution in [2.24, 2.45) is 0 Å². The zero-order valence-electron chi connectivity index (χ0n) is 14.8. The standard InChI is InChI=1S/C19H18FN3O4S/c20-14-10-16-11(5-8-18(24)22-16)9-17(14)28(26,27)23-15-4-2-1-3-13(15)19(25)21-12-6-7-12/h1-4,9-10,12,23H,5-8H2,(H,21,25)(H,22,24). The van der Waals surface area contributed by atoms with Gasteiger partial charge in [0, 0.05) is 18.2 Å². The van der Waals surface area contributed by atoms with E-state index < -0.39 is 20.7 Å². The Hall–Kier alpha value is -2.94. The number of fused-ring (bicyclic) bond motifs is 1. The quantitative estimate of drug-likeness (QED) is 0.713. The fraction of sp³-hybridized carbons (Fsp3) is 0.263. The van der Waals surface area contributed by atoms with Gasteiger partial charge in [0.15, 0.2) is 0 Å². The summed E-state index contributed by atoms with van der Waals surface area (Å²) in [7, 11) is -4.28. The number of hydrogen-bond acceptors (Lipinski definition) is 4. The van der Waals surface area contributed by atoms with Gasteiger partial charge in [-0.2, -0.15) is 0 Å². The number of para-hydroxylation sites is 1. The smallest absolute Gasteiger partial charge is 0.264 e. The van der Waals surface area contributed by atoms with Crippen LogP contribution in [0.25, 0.3) is 0 Å². The summed E-state index contributed by atoms with van der Waals surface area (Å²) < 4.78 is 42.4. The first kappa shape index (κ1) is 18.4. The van der Waals surface area contributed by atoms with Crippen LogP contribution in [-0.4, -0.2) is 26.3 Å². The Morgan fingerprint density at radius 3 is 2.64 bits per heavy atom. The lowest BCUT2D eigenvalue weighted by molar-refractivity contribution is -0.116. The molecule has 2 amide bonds. The molecule has 4 rings (SSSR count). The molecule has 9 heteroatoms. The van der Waals surface area contributed by atoms with Crippen molar-refractivity contribution in [1.82, 2.24) is 5.32 Å². The Morgan fingerprint density at radius 1 is 1.14 bits per heavy atom. The van der Waals surface area contributed by atoms with Crippen molar-refractivity contribution >= 4 is 33.2 Å². The molecule has 146 valence electrons. The average Bonchev–Trinajstić information content (AvgIpc) is 3.45. The highest BCUT2D eigenvalue weighted by molar-refractivity contribution is 7.92. The fourth-order valence-corrected chi connectivity index (χ4v) is 4.24. The van der Waals surface area contributed by atoms with Gasteiger partial charge in [0.05, 0.1) is 11.3 Å². The lowest BCUT2D eigenvalue weighted by atomic mass is 10.0. The van der Waals surface area contributed by atoms with Crippen molar-refractivity contribution in [2.45, 2.75) is 36.6 Å². The molecule has 0 atom stereocenters. The second-order valence-electron chi connectivity index (χ2n) is 6.89. The number of carbonyl (C=O) groups excluding carboxylic acids is 2. The lowest BCUT2D eigenvalue weighted by Crippen LogP contribution is -2.27. The van der Waals surface area contributed by atoms with E-state index in [1.165, 1.54) is 18.2 Å². The monoisotopic (exact) mass is 403 g/mol. The predicted molar refractivity (Wildman–Crippen MR) is 101 cm³/mol. The number of rotatable bonds is 5. The van der Waals surface area contributed by atoms with Gasteiger partial charge in [-0.05, 0) is 49.1 Å². The van der Waals surface area contributed by atoms with Crippen molar-refractivity contribution < 1.29 is 22.4 Å². The van der Waals surface area contributed by atoms with Gasteiger partial charge in [0.25, 0.3) is 15.9 Å². The number of benzene rings is 2. The first-order chi connectivity index (χ1) is 13.3. The third-order valence-corrected chi connectivity index (χ3v) is 6.05. The molecule has 7 nitrogen and oxygen atoms in total. The molecule has 3 N–H and O–H groups in total. The second kappa shape index (κ2) is 6.90. The summed E-state index contributed by atoms with van der Waals surface area (Å²) >= 11 is 0. The van der Waals surface area contributed by atoms with Crippen molar-refractivity contribution in [3.63, 3.8) is 0 Å². The molecule has 2 aliphatic rings. The van der Waals surface area contributed by atoms with Crippen LogP contribution < -0.4 is 15.4 Å². The number of hydrogen-bond donors (Lipinski definition) is 3. The Labute approximate surface area is 161 Å². The summed E-state index contributed by atoms with van der Waals surface area (Å²) in [6.07, 6.45) is 2.33. The molecule has 1 aliphatic heterocycles. The van der Waals surface area contributed by atoms with Gasteiger partial charge >= 0.3 is 0 Å². The van der Waals surface area contributed by atoms with Gasteiger partial charge in [0.1, 0.15) is 10.7 Å². The molecular weight excluding hydrogens is 385 g/mol. The maximum absolute atomic E-state index is 14.5. The molecule has 0 unspecified atom stereocenters. The molecule has 2 aromatic carbocycles. The molecule has 1 saturated carbocycles. The summed E-state index contributed by atoms with van der Waals surface area (Å²) in [5.41, 5.74) is 1.06. The van der Waals surface area contributed by atoms with Gasteiger partial charge in [-0.1, -0.05) is 12.1 Å². The Bertz CT molecular complexity index is 1080. The Balaban J connectivity index is 1.65. The van der Waals surface area contributed by atoms with E-state index in [0.717, 1.165) is 18.9 Å². The van der Waals surface area contributed by atoms with Gasteiger partial charge in [-0.25, -0.2) is 12.8 Å². The van der Waals surface area contributed by atoms with Gasteiger partial charge in [-0.15, -0.1) is 0 Å². The highest BCUT2D eigenvalue weighted by Gasteiger charge is 2.28. The van der Waals surface area contributed by atoms with E-state index in [-0.39, 0.29) is 41.2 Å². The zero-order chi connectivity index (χ0) is 19.9. The molecule has 28 heavy (non-hydrogen) atoms. The molecule has 1 heterocycles. The molecule has 2 aromatic rings. The predicted octanol–water partition coefficient (Wildman–Crippen LogP) is 2.40. The van der Waals surface area contributed by atoms with Gasteiger partial charge in [-0.3, -0.25) is 14.3 Å². The van der Waals surface area contributed by atoms with Crippen LogP contribution in [-0.2, 0) is 21.2 Å². The minimum absolute atomic E-state index is 0.0751. The first-order valence-electron chi connectivity index (χ1n) is 8.88. The maximum atomic E-state index is 14.5. The average molecular weight is 403 g/mol. The van der Waals surface area contributed by atoms with E-state index in [9.17, 15) is 22.4 Å². The molecule has 0 radical (unpaired) electrons. The topological polar surface area (TPSA) is 104 Å². The fourth-order valence-electron chi connectivity index (χ4n) is 3.05. The number of nitrogens with one attached hydrogen (secondary N) is 3. The van der Waals surface area contributed by atoms with Crippen LogP contribution in [0.15, 0.2) is 41.3 Å². The number of sulfonamides is 1. The molecule has 1 aliphatic carbocycles. The van der Waals surface area contributed by atoms with Crippen LogP contribution in [0.1, 0.15) is 35.2 Å². The van der Waals surface area contributed by atoms with Crippen LogP contribution in [0.2, 0.25) is 0 Å². The van der Waals surface area contributed by atoms with Crippen molar-refractivity contribution in [2.75, 3.05) is 10.0 Å². The zero-order valence-corrected chi connectivity index (χ0v) is 15.6. The Kier molecular flexibility index (Phi) is 4.54. The molecule has 0 saturated heterocycles. The molecule has 0 aromatic heterocycles. The highest BCUT2D eigenvalue weighted by atomic mass is 32.2. The van der Waals surface area contributed by atoms with E-state index in [1.807, 2.05) is 0 Å². The second-order valence-corrected chi connectivity index (χ2v) is 8.54. The lowest BCUT2D eigenvalue weighted by Gasteiger charge is -2.19. The number of carbonyl (C=O) groups is 2. The number of amides is 2. The number of halogens is 1. The molecule has 1 fully saturated rings. The minimum Gasteiger partial charge on any atom is -0.349 e. The SMILES string of the molecule is O=C1CCc2cc(S(=O)(=O)Nc3ccccc3C(=O)NC3CC3)c(F)cc2N1. The number of aryl methyl sites for hydroxylation is 1. The molecule has 0 bridgehead atoms. The summed E-state index contributed by atoms with van der Waals surface area (Å²) in [5, 5.41) is 5.33. The first-order valence-corrected chi connectivity index (χ1v) is 10.4. The third-order valence-electron chi connectivity index (χ3n) is 4.67. The minimum atomic E-state index is -4.28. The van der Waals surface area contributed by atoms with Crippen molar-refractivity contribution in [3.8, 4) is 0 Å². The van der Waals surface area contributed by atoms with E-state index in [4.69, 9.17) is 0 Å². The summed E-state index contributed by atoms with van der Waals surface area (Å²) in [6.45, 7) is 0. The largest absolute Gasteiger partial charge is 0.349 e. The van der Waals surface area contributed by atoms with Crippen molar-refractivity contribution in [3.05, 3.63) is 53.3 Å². The summed E-state index contributed by atoms with van der Waals surface area (Å²) in [4.78, 5) is 23.3. The normalized spacial score (nSPS) is 16.1. The van der Waals surface area contributed by atoms with E-state index in [2.05, 4.69) is 15.4 Å². The van der Waals surface area contributed by atoms with E-state index in [0.29, 0.717) is 12.0 Å². The molecular formula is C19H18FN3O4S. The summed E-state index contributed by atoms with van der Waals surface area (Å²) in [6, 6.07) is 8.52. The van der Waals surface area contributed by atoms with Gasteiger partial charge in [0.2, 0.25) is 5.91 Å². The van der Waals surface area contributed by atoms with Crippen LogP contribution in [0.3, 0.4) is 0 Å². The Morgan fingerprint density at radius 2 is 1.89 bits per heavy atom. The maximum Gasteiger partial charge on any atom is 0.264 e. The van der Waals surface area contributed by atoms with E-state index in [1.54, 1.807) is 12.1 Å². The van der Waals surface area contributed by atoms with Crippen LogP contribution in [0.5, 0.6) is 0 Å². The molecule has 0 spiro atoms. The van der Waals surface area contributed by atoms with Crippen molar-refractivity contribution in [1.29, 1.82) is 0 Å². The van der Waals surface area contributed by atoms with E-state index >= 15 is 0 Å². The van der Waals surface area contributed by atoms with Crippen LogP contribution in [0.4, 0.5) is 15.8 Å². The van der Waals surface area contributed by atoms with Crippen LogP contribution >= 0.6 is 0 Å².